The summed E-state index contributed by atoms with van der Waals surface area (Å²) in [5.41, 5.74) is 0.803. The van der Waals surface area contributed by atoms with E-state index in [0.29, 0.717) is 32.1 Å². The van der Waals surface area contributed by atoms with Gasteiger partial charge in [0.05, 0.1) is 33.0 Å². The second-order valence-corrected chi connectivity index (χ2v) is 7.81. The van der Waals surface area contributed by atoms with Crippen LogP contribution in [0.15, 0.2) is 39.5 Å². The minimum Gasteiger partial charge on any atom is -0.790 e. The molecule has 1 aromatic heterocycles. The molecule has 0 amide bonds. The van der Waals surface area contributed by atoms with Gasteiger partial charge in [0, 0.05) is 37.0 Å². The topological polar surface area (TPSA) is 145 Å². The molecule has 10 nitrogen and oxygen atoms in total. The molecule has 3 aromatic rings. The molecule has 1 aliphatic heterocycles. The molecule has 0 aliphatic carbocycles. The molecule has 0 spiro atoms. The monoisotopic (exact) mass is 481 g/mol. The van der Waals surface area contributed by atoms with Gasteiger partial charge in [-0.25, -0.2) is 0 Å². The Hall–Kier alpha value is -0.620. The van der Waals surface area contributed by atoms with Crippen molar-refractivity contribution in [2.45, 2.75) is 0 Å². The van der Waals surface area contributed by atoms with Gasteiger partial charge in [-0.3, -0.25) is 4.79 Å². The maximum absolute atomic E-state index is 12.9. The summed E-state index contributed by atoms with van der Waals surface area (Å²) in [6.07, 6.45) is 0. The van der Waals surface area contributed by atoms with E-state index in [2.05, 4.69) is 4.52 Å². The molecule has 32 heavy (non-hydrogen) atoms. The van der Waals surface area contributed by atoms with Crippen LogP contribution >= 0.6 is 7.82 Å². The van der Waals surface area contributed by atoms with Gasteiger partial charge in [0.1, 0.15) is 34.7 Å². The molecule has 4 rings (SSSR count). The Morgan fingerprint density at radius 2 is 1.78 bits per heavy atom. The van der Waals surface area contributed by atoms with E-state index in [1.807, 2.05) is 4.90 Å². The SMILES string of the molecule is O=c1c2ccc(OCCOP(=O)([O-])[O-])cc2oc2cc(N3CCOCC3)cc(O)c12.[Na+].[Na+]. The van der Waals surface area contributed by atoms with Gasteiger partial charge in [-0.2, -0.15) is 0 Å². The number of phosphoric ester groups is 1. The first kappa shape index (κ1) is 27.6. The van der Waals surface area contributed by atoms with E-state index in [9.17, 15) is 24.3 Å². The average Bonchev–Trinajstić information content (AvgIpc) is 2.70. The minimum absolute atomic E-state index is 0. The van der Waals surface area contributed by atoms with Crippen molar-refractivity contribution in [3.63, 3.8) is 0 Å². The normalized spacial score (nSPS) is 14.1. The summed E-state index contributed by atoms with van der Waals surface area (Å²) in [6, 6.07) is 7.69. The van der Waals surface area contributed by atoms with Crippen LogP contribution < -0.4 is 84.0 Å². The first-order chi connectivity index (χ1) is 14.3. The molecule has 0 unspecified atom stereocenters. The van der Waals surface area contributed by atoms with Gasteiger partial charge >= 0.3 is 59.1 Å². The zero-order valence-electron chi connectivity index (χ0n) is 17.7. The summed E-state index contributed by atoms with van der Waals surface area (Å²) in [4.78, 5) is 35.8. The fourth-order valence-electron chi connectivity index (χ4n) is 3.33. The van der Waals surface area contributed by atoms with Crippen molar-refractivity contribution < 1.29 is 97.0 Å². The summed E-state index contributed by atoms with van der Waals surface area (Å²) < 4.78 is 31.1. The third kappa shape index (κ3) is 6.49. The Bertz CT molecular complexity index is 1190. The van der Waals surface area contributed by atoms with Gasteiger partial charge in [0.15, 0.2) is 0 Å². The summed E-state index contributed by atoms with van der Waals surface area (Å²) in [5, 5.41) is 10.8. The molecule has 2 aromatic carbocycles. The molecule has 0 atom stereocenters. The number of phosphoric acid groups is 1. The molecule has 2 heterocycles. The Kier molecular flexibility index (Phi) is 10.1. The predicted molar refractivity (Wildman–Crippen MR) is 104 cm³/mol. The van der Waals surface area contributed by atoms with Crippen molar-refractivity contribution in [2.75, 3.05) is 44.4 Å². The molecule has 1 aliphatic rings. The number of nitrogens with zero attached hydrogens (tertiary/aromatic N) is 1. The van der Waals surface area contributed by atoms with Crippen LogP contribution in [-0.4, -0.2) is 44.6 Å². The number of fused-ring (bicyclic) bond motifs is 2. The van der Waals surface area contributed by atoms with Crippen LogP contribution in [-0.2, 0) is 13.8 Å². The van der Waals surface area contributed by atoms with Gasteiger partial charge < -0.3 is 42.8 Å². The van der Waals surface area contributed by atoms with E-state index >= 15 is 0 Å². The maximum atomic E-state index is 12.9. The Morgan fingerprint density at radius 1 is 1.06 bits per heavy atom. The van der Waals surface area contributed by atoms with Gasteiger partial charge in [0.2, 0.25) is 5.43 Å². The zero-order valence-corrected chi connectivity index (χ0v) is 22.6. The predicted octanol–water partition coefficient (Wildman–Crippen LogP) is -5.28. The zero-order chi connectivity index (χ0) is 21.3. The number of morpholine rings is 1. The van der Waals surface area contributed by atoms with Crippen LogP contribution in [0.3, 0.4) is 0 Å². The summed E-state index contributed by atoms with van der Waals surface area (Å²) in [5.74, 6) is 0.135. The van der Waals surface area contributed by atoms with Crippen molar-refractivity contribution in [1.29, 1.82) is 0 Å². The molecule has 1 saturated heterocycles. The number of anilines is 1. The quantitative estimate of drug-likeness (QED) is 0.157. The summed E-state index contributed by atoms with van der Waals surface area (Å²) in [7, 11) is -5.06. The third-order valence-electron chi connectivity index (χ3n) is 4.69. The number of phenolic OH excluding ortho intramolecular Hbond substituents is 1. The van der Waals surface area contributed by atoms with E-state index in [-0.39, 0.29) is 98.8 Å². The largest absolute Gasteiger partial charge is 1.00 e. The number of phenols is 1. The molecule has 0 saturated carbocycles. The molecule has 0 bridgehead atoms. The number of benzene rings is 2. The Labute approximate surface area is 227 Å². The van der Waals surface area contributed by atoms with Gasteiger partial charge in [-0.15, -0.1) is 0 Å². The molecule has 0 radical (unpaired) electrons. The van der Waals surface area contributed by atoms with E-state index in [4.69, 9.17) is 13.9 Å². The Balaban J connectivity index is 0.00000181. The van der Waals surface area contributed by atoms with Crippen molar-refractivity contribution in [1.82, 2.24) is 0 Å². The van der Waals surface area contributed by atoms with Crippen molar-refractivity contribution >= 4 is 35.4 Å². The van der Waals surface area contributed by atoms with E-state index in [1.165, 1.54) is 18.2 Å². The van der Waals surface area contributed by atoms with Crippen molar-refractivity contribution in [3.05, 3.63) is 40.6 Å². The molecule has 1 fully saturated rings. The minimum atomic E-state index is -5.06. The molecule has 160 valence electrons. The van der Waals surface area contributed by atoms with Gasteiger partial charge in [-0.05, 0) is 12.1 Å². The number of ether oxygens (including phenoxy) is 2. The number of hydrogen-bond acceptors (Lipinski definition) is 10. The smallest absolute Gasteiger partial charge is 0.790 e. The first-order valence-electron chi connectivity index (χ1n) is 9.17. The standard InChI is InChI=1S/C19H20NO9P.2Na/c21-15-9-12(20-3-5-26-6-4-20)10-17-18(15)19(22)14-2-1-13(11-16(14)29-17)27-7-8-28-30(23,24)25;;/h1-2,9-11,21H,3-8H2,(H2,23,24,25);;/q;2*+1/p-2. The summed E-state index contributed by atoms with van der Waals surface area (Å²) in [6.45, 7) is 1.84. The molecule has 1 N–H and O–H groups in total. The first-order valence-corrected chi connectivity index (χ1v) is 10.6. The van der Waals surface area contributed by atoms with Crippen molar-refractivity contribution in [3.8, 4) is 11.5 Å². The van der Waals surface area contributed by atoms with Crippen molar-refractivity contribution in [2.24, 2.45) is 0 Å². The third-order valence-corrected chi connectivity index (χ3v) is 5.19. The number of rotatable bonds is 6. The van der Waals surface area contributed by atoms with E-state index < -0.39 is 14.4 Å². The fourth-order valence-corrected chi connectivity index (χ4v) is 3.62. The van der Waals surface area contributed by atoms with Gasteiger partial charge in [0.25, 0.3) is 0 Å². The molecular formula is C19H18NNa2O9P. The van der Waals surface area contributed by atoms with Crippen LogP contribution in [0.25, 0.3) is 21.9 Å². The number of aromatic hydroxyl groups is 1. The van der Waals surface area contributed by atoms with Crippen LogP contribution in [0.4, 0.5) is 5.69 Å². The van der Waals surface area contributed by atoms with Crippen LogP contribution in [0.1, 0.15) is 0 Å². The van der Waals surface area contributed by atoms with Crippen LogP contribution in [0, 0.1) is 0 Å². The Morgan fingerprint density at radius 3 is 2.47 bits per heavy atom. The maximum Gasteiger partial charge on any atom is 1.00 e. The number of hydrogen-bond donors (Lipinski definition) is 1. The van der Waals surface area contributed by atoms with Crippen LogP contribution in [0.2, 0.25) is 0 Å². The molecule has 13 heteroatoms. The molecular weight excluding hydrogens is 463 g/mol. The van der Waals surface area contributed by atoms with E-state index in [1.54, 1.807) is 12.1 Å². The van der Waals surface area contributed by atoms with Gasteiger partial charge in [-0.1, -0.05) is 0 Å². The summed E-state index contributed by atoms with van der Waals surface area (Å²) >= 11 is 0. The second-order valence-electron chi connectivity index (χ2n) is 6.66. The van der Waals surface area contributed by atoms with E-state index in [0.717, 1.165) is 5.69 Å². The average molecular weight is 481 g/mol. The van der Waals surface area contributed by atoms with Crippen LogP contribution in [0.5, 0.6) is 11.5 Å². The second kappa shape index (κ2) is 11.7. The fraction of sp³-hybridized carbons (Fsp3) is 0.316.